The smallest absolute Gasteiger partial charge is 0.397 e. The standard InChI is InChI=1S/C12H8F4N2/c13-10-2-1-7(5-9(10)12(14,15)16)8-3-4-18-6-11(8)17/h1-6H,17H2. The number of alkyl halides is 3. The van der Waals surface area contributed by atoms with Crippen LogP contribution >= 0.6 is 0 Å². The Kier molecular flexibility index (Phi) is 2.94. The van der Waals surface area contributed by atoms with Crippen LogP contribution in [-0.4, -0.2) is 4.98 Å². The van der Waals surface area contributed by atoms with Crippen LogP contribution < -0.4 is 5.73 Å². The van der Waals surface area contributed by atoms with Crippen LogP contribution in [0.25, 0.3) is 11.1 Å². The van der Waals surface area contributed by atoms with Crippen LogP contribution in [-0.2, 0) is 6.18 Å². The lowest BCUT2D eigenvalue weighted by Gasteiger charge is -2.11. The molecule has 0 atom stereocenters. The van der Waals surface area contributed by atoms with Crippen molar-refractivity contribution in [2.45, 2.75) is 6.18 Å². The van der Waals surface area contributed by atoms with E-state index in [9.17, 15) is 17.6 Å². The van der Waals surface area contributed by atoms with Gasteiger partial charge in [-0.15, -0.1) is 0 Å². The second-order valence-electron chi connectivity index (χ2n) is 3.66. The highest BCUT2D eigenvalue weighted by atomic mass is 19.4. The van der Waals surface area contributed by atoms with E-state index < -0.39 is 17.6 Å². The van der Waals surface area contributed by atoms with Gasteiger partial charge in [0.2, 0.25) is 0 Å². The molecule has 1 heterocycles. The van der Waals surface area contributed by atoms with Gasteiger partial charge in [0.1, 0.15) is 5.82 Å². The maximum Gasteiger partial charge on any atom is 0.419 e. The number of halogens is 4. The summed E-state index contributed by atoms with van der Waals surface area (Å²) in [6, 6.07) is 4.23. The molecule has 2 aromatic rings. The van der Waals surface area contributed by atoms with E-state index >= 15 is 0 Å². The number of pyridine rings is 1. The molecule has 0 bridgehead atoms. The summed E-state index contributed by atoms with van der Waals surface area (Å²) < 4.78 is 50.8. The Labute approximate surface area is 100 Å². The minimum absolute atomic E-state index is 0.198. The number of aromatic nitrogens is 1. The molecular formula is C12H8F4N2. The minimum atomic E-state index is -4.73. The maximum atomic E-state index is 13.1. The number of hydrogen-bond donors (Lipinski definition) is 1. The van der Waals surface area contributed by atoms with Crippen molar-refractivity contribution in [1.29, 1.82) is 0 Å². The first kappa shape index (κ1) is 12.3. The molecule has 0 unspecified atom stereocenters. The third kappa shape index (κ3) is 2.27. The summed E-state index contributed by atoms with van der Waals surface area (Å²) in [5, 5.41) is 0. The van der Waals surface area contributed by atoms with Gasteiger partial charge in [-0.2, -0.15) is 13.2 Å². The number of hydrogen-bond acceptors (Lipinski definition) is 2. The molecule has 6 heteroatoms. The molecule has 94 valence electrons. The molecule has 1 aromatic carbocycles. The van der Waals surface area contributed by atoms with E-state index in [-0.39, 0.29) is 11.3 Å². The third-order valence-electron chi connectivity index (χ3n) is 2.43. The van der Waals surface area contributed by atoms with E-state index in [0.29, 0.717) is 5.56 Å². The summed E-state index contributed by atoms with van der Waals surface area (Å²) in [6.07, 6.45) is -2.00. The molecule has 2 nitrogen and oxygen atoms in total. The molecule has 0 fully saturated rings. The van der Waals surface area contributed by atoms with E-state index in [1.54, 1.807) is 0 Å². The Hall–Kier alpha value is -2.11. The topological polar surface area (TPSA) is 38.9 Å². The van der Waals surface area contributed by atoms with Gasteiger partial charge in [-0.3, -0.25) is 4.98 Å². The molecule has 0 amide bonds. The monoisotopic (exact) mass is 256 g/mol. The van der Waals surface area contributed by atoms with Crippen LogP contribution in [0.2, 0.25) is 0 Å². The van der Waals surface area contributed by atoms with Gasteiger partial charge >= 0.3 is 6.18 Å². The molecule has 0 saturated carbocycles. The predicted octanol–water partition coefficient (Wildman–Crippen LogP) is 3.49. The number of nitrogen functional groups attached to an aromatic ring is 1. The van der Waals surface area contributed by atoms with Crippen molar-refractivity contribution in [3.8, 4) is 11.1 Å². The van der Waals surface area contributed by atoms with E-state index in [1.165, 1.54) is 24.5 Å². The number of anilines is 1. The van der Waals surface area contributed by atoms with Crippen LogP contribution in [0.1, 0.15) is 5.56 Å². The molecule has 0 aliphatic heterocycles. The van der Waals surface area contributed by atoms with Gasteiger partial charge in [-0.25, -0.2) is 4.39 Å². The summed E-state index contributed by atoms with van der Waals surface area (Å²) >= 11 is 0. The molecule has 18 heavy (non-hydrogen) atoms. The number of benzene rings is 1. The Bertz CT molecular complexity index is 579. The molecular weight excluding hydrogens is 248 g/mol. The second kappa shape index (κ2) is 4.29. The highest BCUT2D eigenvalue weighted by molar-refractivity contribution is 5.75. The SMILES string of the molecule is Nc1cnccc1-c1ccc(F)c(C(F)(F)F)c1. The van der Waals surface area contributed by atoms with E-state index in [4.69, 9.17) is 5.73 Å². The molecule has 2 rings (SSSR count). The van der Waals surface area contributed by atoms with Gasteiger partial charge in [-0.05, 0) is 23.8 Å². The fourth-order valence-corrected chi connectivity index (χ4v) is 1.58. The lowest BCUT2D eigenvalue weighted by atomic mass is 10.0. The molecule has 0 aliphatic carbocycles. The van der Waals surface area contributed by atoms with Crippen molar-refractivity contribution in [3.05, 3.63) is 48.0 Å². The zero-order valence-electron chi connectivity index (χ0n) is 9.00. The van der Waals surface area contributed by atoms with Gasteiger partial charge in [0.05, 0.1) is 17.4 Å². The van der Waals surface area contributed by atoms with Crippen LogP contribution in [0.5, 0.6) is 0 Å². The lowest BCUT2D eigenvalue weighted by molar-refractivity contribution is -0.139. The van der Waals surface area contributed by atoms with Gasteiger partial charge < -0.3 is 5.73 Å². The van der Waals surface area contributed by atoms with Gasteiger partial charge in [0.15, 0.2) is 0 Å². The lowest BCUT2D eigenvalue weighted by Crippen LogP contribution is -2.08. The summed E-state index contributed by atoms with van der Waals surface area (Å²) in [4.78, 5) is 3.74. The Balaban J connectivity index is 2.58. The largest absolute Gasteiger partial charge is 0.419 e. The van der Waals surface area contributed by atoms with Gasteiger partial charge in [0.25, 0.3) is 0 Å². The highest BCUT2D eigenvalue weighted by Crippen LogP contribution is 2.35. The average molecular weight is 256 g/mol. The average Bonchev–Trinajstić information content (AvgIpc) is 2.29. The van der Waals surface area contributed by atoms with Gasteiger partial charge in [-0.1, -0.05) is 6.07 Å². The van der Waals surface area contributed by atoms with Crippen molar-refractivity contribution in [1.82, 2.24) is 4.98 Å². The van der Waals surface area contributed by atoms with E-state index in [2.05, 4.69) is 4.98 Å². The Morgan fingerprint density at radius 1 is 1.11 bits per heavy atom. The molecule has 0 radical (unpaired) electrons. The third-order valence-corrected chi connectivity index (χ3v) is 2.43. The Morgan fingerprint density at radius 3 is 2.44 bits per heavy atom. The highest BCUT2D eigenvalue weighted by Gasteiger charge is 2.34. The van der Waals surface area contributed by atoms with Crippen LogP contribution in [0, 0.1) is 5.82 Å². The number of nitrogens with zero attached hydrogens (tertiary/aromatic N) is 1. The van der Waals surface area contributed by atoms with Crippen molar-refractivity contribution in [2.24, 2.45) is 0 Å². The van der Waals surface area contributed by atoms with Crippen molar-refractivity contribution < 1.29 is 17.6 Å². The van der Waals surface area contributed by atoms with Crippen LogP contribution in [0.3, 0.4) is 0 Å². The fourth-order valence-electron chi connectivity index (χ4n) is 1.58. The van der Waals surface area contributed by atoms with Crippen molar-refractivity contribution >= 4 is 5.69 Å². The first-order chi connectivity index (χ1) is 8.39. The quantitative estimate of drug-likeness (QED) is 0.793. The molecule has 0 aliphatic rings. The molecule has 0 saturated heterocycles. The molecule has 1 aromatic heterocycles. The fraction of sp³-hybridized carbons (Fsp3) is 0.0833. The summed E-state index contributed by atoms with van der Waals surface area (Å²) in [5.74, 6) is -1.31. The first-order valence-electron chi connectivity index (χ1n) is 4.96. The second-order valence-corrected chi connectivity index (χ2v) is 3.66. The summed E-state index contributed by atoms with van der Waals surface area (Å²) in [7, 11) is 0. The van der Waals surface area contributed by atoms with E-state index in [0.717, 1.165) is 12.1 Å². The summed E-state index contributed by atoms with van der Waals surface area (Å²) in [6.45, 7) is 0. The zero-order valence-corrected chi connectivity index (χ0v) is 9.00. The summed E-state index contributed by atoms with van der Waals surface area (Å²) in [5.41, 5.74) is 5.12. The van der Waals surface area contributed by atoms with Crippen LogP contribution in [0.15, 0.2) is 36.7 Å². The number of rotatable bonds is 1. The zero-order chi connectivity index (χ0) is 13.3. The van der Waals surface area contributed by atoms with E-state index in [1.807, 2.05) is 0 Å². The van der Waals surface area contributed by atoms with Crippen LogP contribution in [0.4, 0.5) is 23.2 Å². The van der Waals surface area contributed by atoms with Crippen molar-refractivity contribution in [3.63, 3.8) is 0 Å². The molecule has 2 N–H and O–H groups in total. The maximum absolute atomic E-state index is 13.1. The van der Waals surface area contributed by atoms with Crippen molar-refractivity contribution in [2.75, 3.05) is 5.73 Å². The normalized spacial score (nSPS) is 11.6. The minimum Gasteiger partial charge on any atom is -0.397 e. The first-order valence-corrected chi connectivity index (χ1v) is 4.96. The van der Waals surface area contributed by atoms with Gasteiger partial charge in [0, 0.05) is 11.8 Å². The Morgan fingerprint density at radius 2 is 1.83 bits per heavy atom. The molecule has 0 spiro atoms. The predicted molar refractivity (Wildman–Crippen MR) is 59.0 cm³/mol. The number of nitrogens with two attached hydrogens (primary N) is 1.